The summed E-state index contributed by atoms with van der Waals surface area (Å²) in [6.07, 6.45) is 5.84. The molecule has 1 aliphatic rings. The summed E-state index contributed by atoms with van der Waals surface area (Å²) in [5, 5.41) is 0. The van der Waals surface area contributed by atoms with Crippen LogP contribution in [0, 0.1) is 17.8 Å². The Morgan fingerprint density at radius 2 is 1.50 bits per heavy atom. The molecule has 1 fully saturated rings. The van der Waals surface area contributed by atoms with Crippen LogP contribution < -0.4 is 0 Å². The molecule has 0 N–H and O–H groups in total. The molecule has 0 saturated heterocycles. The van der Waals surface area contributed by atoms with Gasteiger partial charge in [0.25, 0.3) is 0 Å². The van der Waals surface area contributed by atoms with Gasteiger partial charge in [-0.1, -0.05) is 68.7 Å². The highest BCUT2D eigenvalue weighted by Gasteiger charge is 2.24. The molecule has 1 saturated carbocycles. The summed E-state index contributed by atoms with van der Waals surface area (Å²) >= 11 is 0. The summed E-state index contributed by atoms with van der Waals surface area (Å²) in [5.41, 5.74) is 0. The van der Waals surface area contributed by atoms with E-state index in [0.717, 1.165) is 17.8 Å². The molecule has 4 atom stereocenters. The molecule has 1 aliphatic carbocycles. The minimum absolute atomic E-state index is 0. The Kier molecular flexibility index (Phi) is 28.2. The van der Waals surface area contributed by atoms with Crippen molar-refractivity contribution in [1.82, 2.24) is 0 Å². The van der Waals surface area contributed by atoms with Crippen LogP contribution in [0.15, 0.2) is 0 Å². The molecule has 16 heavy (non-hydrogen) atoms. The van der Waals surface area contributed by atoms with Gasteiger partial charge in [-0.15, -0.1) is 0 Å². The molecule has 4 unspecified atom stereocenters. The van der Waals surface area contributed by atoms with E-state index in [1.807, 2.05) is 27.7 Å². The summed E-state index contributed by atoms with van der Waals surface area (Å²) in [5.74, 6) is 3.05. The van der Waals surface area contributed by atoms with Gasteiger partial charge in [0.1, 0.15) is 0 Å². The maximum Gasteiger partial charge on any atom is -0.0386 e. The van der Waals surface area contributed by atoms with Crippen molar-refractivity contribution >= 4 is 9.90 Å². The van der Waals surface area contributed by atoms with Crippen LogP contribution in [0.1, 0.15) is 81.6 Å². The maximum atomic E-state index is 2.41. The van der Waals surface area contributed by atoms with E-state index in [9.17, 15) is 0 Å². The third-order valence-corrected chi connectivity index (χ3v) is 3.18. The van der Waals surface area contributed by atoms with Crippen LogP contribution in [0.4, 0.5) is 0 Å². The van der Waals surface area contributed by atoms with Gasteiger partial charge in [-0.3, -0.25) is 0 Å². The smallest absolute Gasteiger partial charge is 0.0386 e. The largest absolute Gasteiger partial charge is 0.153 e. The third-order valence-electron chi connectivity index (χ3n) is 3.18. The summed E-state index contributed by atoms with van der Waals surface area (Å²) < 4.78 is 0. The predicted octanol–water partition coefficient (Wildman–Crippen LogP) is 6.22. The molecule has 0 nitrogen and oxygen atoms in total. The lowest BCUT2D eigenvalue weighted by molar-refractivity contribution is 0.348. The summed E-state index contributed by atoms with van der Waals surface area (Å²) in [4.78, 5) is 0. The molecule has 1 heteroatoms. The minimum atomic E-state index is 0. The zero-order valence-corrected chi connectivity index (χ0v) is 13.7. The van der Waals surface area contributed by atoms with Gasteiger partial charge >= 0.3 is 0 Å². The van der Waals surface area contributed by atoms with Crippen molar-refractivity contribution in [3.05, 3.63) is 0 Å². The molecule has 1 rings (SSSR count). The van der Waals surface area contributed by atoms with Crippen molar-refractivity contribution in [2.24, 2.45) is 17.8 Å². The summed E-state index contributed by atoms with van der Waals surface area (Å²) in [6, 6.07) is 0. The van der Waals surface area contributed by atoms with Gasteiger partial charge in [0.05, 0.1) is 0 Å². The van der Waals surface area contributed by atoms with E-state index in [-0.39, 0.29) is 17.3 Å². The maximum absolute atomic E-state index is 2.41. The van der Waals surface area contributed by atoms with Crippen LogP contribution in [-0.2, 0) is 0 Å². The molecule has 0 aromatic carbocycles. The highest BCUT2D eigenvalue weighted by Crippen LogP contribution is 2.36. The summed E-state index contributed by atoms with van der Waals surface area (Å²) in [6.45, 7) is 15.1. The second-order valence-corrected chi connectivity index (χ2v) is 4.06. The lowest BCUT2D eigenvalue weighted by Gasteiger charge is -2.16. The molecule has 0 spiro atoms. The van der Waals surface area contributed by atoms with Crippen LogP contribution in [0.3, 0.4) is 0 Å². The highest BCUT2D eigenvalue weighted by molar-refractivity contribution is 6.92. The van der Waals surface area contributed by atoms with Gasteiger partial charge in [-0.2, -0.15) is 9.90 Å². The average Bonchev–Trinajstić information content (AvgIpc) is 2.69. The number of rotatable bonds is 2. The zero-order chi connectivity index (χ0) is 11.6. The van der Waals surface area contributed by atoms with E-state index in [4.69, 9.17) is 0 Å². The first kappa shape index (κ1) is 25.3. The average molecular weight is 250 g/mol. The quantitative estimate of drug-likeness (QED) is 0.511. The van der Waals surface area contributed by atoms with Gasteiger partial charge in [0, 0.05) is 0 Å². The third kappa shape index (κ3) is 10.9. The van der Waals surface area contributed by atoms with Gasteiger partial charge in [-0.25, -0.2) is 0 Å². The van der Waals surface area contributed by atoms with Gasteiger partial charge in [-0.05, 0) is 30.6 Å². The van der Waals surface area contributed by atoms with E-state index >= 15 is 0 Å². The number of hydrogen-bond donors (Lipinski definition) is 0. The Morgan fingerprint density at radius 3 is 1.75 bits per heavy atom. The lowest BCUT2D eigenvalue weighted by Crippen LogP contribution is -2.06. The molecule has 0 aliphatic heterocycles. The SMILES string of the molecule is C.CC.CC.CCC(C)C1CCC(C)C1.P. The molecule has 0 aromatic rings. The van der Waals surface area contributed by atoms with Crippen molar-refractivity contribution < 1.29 is 0 Å². The summed E-state index contributed by atoms with van der Waals surface area (Å²) in [7, 11) is 0. The normalized spacial score (nSPS) is 23.4. The Labute approximate surface area is 110 Å². The minimum Gasteiger partial charge on any atom is -0.153 e. The fraction of sp³-hybridized carbons (Fsp3) is 1.00. The van der Waals surface area contributed by atoms with Crippen LogP contribution in [0.25, 0.3) is 0 Å². The van der Waals surface area contributed by atoms with E-state index < -0.39 is 0 Å². The molecular weight excluding hydrogens is 211 g/mol. The Balaban J connectivity index is -0.000000109. The molecule has 0 radical (unpaired) electrons. The Hall–Kier alpha value is 0.430. The van der Waals surface area contributed by atoms with Crippen molar-refractivity contribution in [2.75, 3.05) is 0 Å². The monoisotopic (exact) mass is 250 g/mol. The molecule has 0 heterocycles. The Bertz CT molecular complexity index is 102. The van der Waals surface area contributed by atoms with Crippen LogP contribution in [0.5, 0.6) is 0 Å². The molecular formula is C15H39P. The zero-order valence-electron chi connectivity index (χ0n) is 12.3. The van der Waals surface area contributed by atoms with Gasteiger partial charge in [0.2, 0.25) is 0 Å². The second kappa shape index (κ2) is 17.8. The topological polar surface area (TPSA) is 0 Å². The lowest BCUT2D eigenvalue weighted by atomic mass is 9.90. The van der Waals surface area contributed by atoms with E-state index in [1.165, 1.54) is 25.7 Å². The number of hydrogen-bond acceptors (Lipinski definition) is 0. The van der Waals surface area contributed by atoms with Crippen LogP contribution in [-0.4, -0.2) is 0 Å². The standard InChI is InChI=1S/C10H20.2C2H6.CH4.H3P/c1-4-9(3)10-6-5-8(2)7-10;2*1-2;;/h8-10H,4-7H2,1-3H3;2*1-2H3;1H4;1H3. The first-order chi connectivity index (χ1) is 6.74. The molecule has 0 aromatic heterocycles. The van der Waals surface area contributed by atoms with E-state index in [2.05, 4.69) is 20.8 Å². The first-order valence-corrected chi connectivity index (χ1v) is 6.74. The first-order valence-electron chi connectivity index (χ1n) is 6.74. The van der Waals surface area contributed by atoms with Gasteiger partial charge in [0.15, 0.2) is 0 Å². The fourth-order valence-corrected chi connectivity index (χ4v) is 2.10. The molecule has 0 bridgehead atoms. The van der Waals surface area contributed by atoms with Gasteiger partial charge < -0.3 is 0 Å². The van der Waals surface area contributed by atoms with Crippen molar-refractivity contribution in [1.29, 1.82) is 0 Å². The van der Waals surface area contributed by atoms with Crippen LogP contribution in [0.2, 0.25) is 0 Å². The highest BCUT2D eigenvalue weighted by atomic mass is 31.0. The fourth-order valence-electron chi connectivity index (χ4n) is 2.10. The van der Waals surface area contributed by atoms with Crippen LogP contribution >= 0.6 is 9.90 Å². The van der Waals surface area contributed by atoms with Crippen molar-refractivity contribution in [2.45, 2.75) is 81.6 Å². The Morgan fingerprint density at radius 1 is 1.06 bits per heavy atom. The van der Waals surface area contributed by atoms with E-state index in [1.54, 1.807) is 0 Å². The second-order valence-electron chi connectivity index (χ2n) is 4.06. The van der Waals surface area contributed by atoms with Crippen molar-refractivity contribution in [3.63, 3.8) is 0 Å². The molecule has 104 valence electrons. The molecule has 0 amide bonds. The van der Waals surface area contributed by atoms with Crippen molar-refractivity contribution in [3.8, 4) is 0 Å². The van der Waals surface area contributed by atoms with E-state index in [0.29, 0.717) is 0 Å². The predicted molar refractivity (Wildman–Crippen MR) is 86.5 cm³/mol.